The molecule has 2 bridgehead atoms. The number of carbonyl (C=O) groups is 3. The van der Waals surface area contributed by atoms with E-state index in [-0.39, 0.29) is 44.0 Å². The Morgan fingerprint density at radius 2 is 1.64 bits per heavy atom. The Kier molecular flexibility index (Phi) is 8.25. The second kappa shape index (κ2) is 11.7. The Morgan fingerprint density at radius 3 is 2.24 bits per heavy atom. The minimum atomic E-state index is -1.18. The molecule has 3 heterocycles. The molecule has 1 N–H and O–H groups in total. The van der Waals surface area contributed by atoms with E-state index >= 15 is 0 Å². The zero-order valence-electron chi connectivity index (χ0n) is 24.3. The van der Waals surface area contributed by atoms with Crippen molar-refractivity contribution in [2.75, 3.05) is 43.2 Å². The van der Waals surface area contributed by atoms with Crippen LogP contribution in [-0.2, 0) is 19.1 Å². The number of aliphatic hydroxyl groups is 1. The van der Waals surface area contributed by atoms with Gasteiger partial charge in [-0.15, -0.1) is 13.2 Å². The van der Waals surface area contributed by atoms with Crippen LogP contribution < -0.4 is 14.5 Å². The summed E-state index contributed by atoms with van der Waals surface area (Å²) in [5.41, 5.74) is -0.769. The van der Waals surface area contributed by atoms with Crippen LogP contribution in [0.25, 0.3) is 0 Å². The zero-order valence-corrected chi connectivity index (χ0v) is 24.3. The zero-order chi connectivity index (χ0) is 30.1. The first-order valence-electron chi connectivity index (χ1n) is 14.4. The van der Waals surface area contributed by atoms with E-state index in [0.717, 1.165) is 0 Å². The van der Waals surface area contributed by atoms with Crippen molar-refractivity contribution in [2.24, 2.45) is 11.8 Å². The van der Waals surface area contributed by atoms with Gasteiger partial charge in [-0.25, -0.2) is 0 Å². The Labute approximate surface area is 247 Å². The lowest BCUT2D eigenvalue weighted by Gasteiger charge is -2.37. The normalized spacial score (nSPS) is 27.5. The summed E-state index contributed by atoms with van der Waals surface area (Å²) >= 11 is 0. The number of hydrogen-bond donors (Lipinski definition) is 1. The summed E-state index contributed by atoms with van der Waals surface area (Å²) in [4.78, 5) is 48.1. The van der Waals surface area contributed by atoms with Gasteiger partial charge in [-0.2, -0.15) is 0 Å². The fourth-order valence-corrected chi connectivity index (χ4v) is 7.15. The summed E-state index contributed by atoms with van der Waals surface area (Å²) in [5, 5.41) is 9.67. The number of methoxy groups -OCH3 is 1. The van der Waals surface area contributed by atoms with Crippen molar-refractivity contribution in [3.63, 3.8) is 0 Å². The van der Waals surface area contributed by atoms with Crippen molar-refractivity contribution in [1.29, 1.82) is 0 Å². The number of amides is 3. The lowest BCUT2D eigenvalue weighted by molar-refractivity contribution is -0.144. The smallest absolute Gasteiger partial charge is 0.253 e. The number of anilines is 2. The standard InChI is InChI=1S/C33H39N3O6/c1-5-19-34(23-11-8-7-9-12-23)29(38)26-27-30(39)36(21-10-22-37)28(33(27)18-17-32(26,3)42-33)31(40)35(20-6-2)24-13-15-25(41-4)16-14-24/h5-9,11-16,26-28,37H,1-2,10,17-22H2,3-4H3/t26-,27+,28?,32+,33?/m1/s1. The first-order chi connectivity index (χ1) is 20.3. The number of nitrogens with zero attached hydrogens (tertiary/aromatic N) is 3. The lowest BCUT2D eigenvalue weighted by Crippen LogP contribution is -2.56. The average Bonchev–Trinajstić information content (AvgIpc) is 3.57. The van der Waals surface area contributed by atoms with Crippen molar-refractivity contribution in [3.05, 3.63) is 79.9 Å². The molecule has 9 nitrogen and oxygen atoms in total. The Bertz CT molecular complexity index is 1350. The topological polar surface area (TPSA) is 99.6 Å². The minimum Gasteiger partial charge on any atom is -0.497 e. The summed E-state index contributed by atoms with van der Waals surface area (Å²) < 4.78 is 12.1. The van der Waals surface area contributed by atoms with Crippen LogP contribution in [0.15, 0.2) is 79.9 Å². The molecular weight excluding hydrogens is 534 g/mol. The molecule has 1 spiro atoms. The average molecular weight is 574 g/mol. The van der Waals surface area contributed by atoms with E-state index in [1.807, 2.05) is 37.3 Å². The maximum atomic E-state index is 14.6. The van der Waals surface area contributed by atoms with Crippen LogP contribution in [-0.4, -0.2) is 78.3 Å². The van der Waals surface area contributed by atoms with Crippen molar-refractivity contribution in [2.45, 2.75) is 43.4 Å². The number of likely N-dealkylation sites (tertiary alicyclic amines) is 1. The summed E-state index contributed by atoms with van der Waals surface area (Å²) in [7, 11) is 1.57. The third-order valence-corrected chi connectivity index (χ3v) is 8.94. The number of aliphatic hydroxyl groups excluding tert-OH is 1. The van der Waals surface area contributed by atoms with Crippen molar-refractivity contribution in [3.8, 4) is 5.75 Å². The second-order valence-electron chi connectivity index (χ2n) is 11.3. The van der Waals surface area contributed by atoms with Crippen LogP contribution in [0, 0.1) is 11.8 Å². The van der Waals surface area contributed by atoms with E-state index in [0.29, 0.717) is 36.4 Å². The maximum absolute atomic E-state index is 14.6. The molecule has 2 aromatic rings. The molecular formula is C33H39N3O6. The largest absolute Gasteiger partial charge is 0.497 e. The molecule has 2 aromatic carbocycles. The lowest BCUT2D eigenvalue weighted by atomic mass is 9.66. The van der Waals surface area contributed by atoms with Crippen LogP contribution in [0.4, 0.5) is 11.4 Å². The van der Waals surface area contributed by atoms with E-state index in [4.69, 9.17) is 9.47 Å². The Balaban J connectivity index is 1.57. The molecule has 9 heteroatoms. The molecule has 222 valence electrons. The molecule has 5 rings (SSSR count). The number of rotatable bonds is 12. The van der Waals surface area contributed by atoms with Gasteiger partial charge in [-0.1, -0.05) is 30.4 Å². The molecule has 3 aliphatic heterocycles. The quantitative estimate of drug-likeness (QED) is 0.390. The van der Waals surface area contributed by atoms with E-state index in [1.165, 1.54) is 4.90 Å². The van der Waals surface area contributed by atoms with Gasteiger partial charge in [0.15, 0.2) is 0 Å². The van der Waals surface area contributed by atoms with Crippen molar-refractivity contribution in [1.82, 2.24) is 4.90 Å². The van der Waals surface area contributed by atoms with Gasteiger partial charge in [0.25, 0.3) is 5.91 Å². The van der Waals surface area contributed by atoms with Crippen LogP contribution >= 0.6 is 0 Å². The summed E-state index contributed by atoms with van der Waals surface area (Å²) in [5.74, 6) is -1.80. The second-order valence-corrected chi connectivity index (χ2v) is 11.3. The molecule has 2 unspecified atom stereocenters. The summed E-state index contributed by atoms with van der Waals surface area (Å²) in [6, 6.07) is 15.5. The molecule has 3 fully saturated rings. The maximum Gasteiger partial charge on any atom is 0.253 e. The van der Waals surface area contributed by atoms with Gasteiger partial charge in [-0.05, 0) is 62.6 Å². The first-order valence-corrected chi connectivity index (χ1v) is 14.4. The highest BCUT2D eigenvalue weighted by molar-refractivity contribution is 6.06. The molecule has 0 saturated carbocycles. The molecule has 3 aliphatic rings. The SMILES string of the molecule is C=CCN(C(=O)C1N(CCCO)C(=O)[C@@H]2[C@H](C(=O)N(CC=C)c3ccccc3)[C@]3(C)CCC12O3)c1ccc(OC)cc1. The van der Waals surface area contributed by atoms with Gasteiger partial charge in [0.1, 0.15) is 17.4 Å². The monoisotopic (exact) mass is 573 g/mol. The fraction of sp³-hybridized carbons (Fsp3) is 0.424. The van der Waals surface area contributed by atoms with Crippen LogP contribution in [0.5, 0.6) is 5.75 Å². The Morgan fingerprint density at radius 1 is 1.02 bits per heavy atom. The minimum absolute atomic E-state index is 0.140. The van der Waals surface area contributed by atoms with E-state index in [1.54, 1.807) is 53.3 Å². The van der Waals surface area contributed by atoms with Crippen molar-refractivity contribution < 1.29 is 29.0 Å². The molecule has 0 aliphatic carbocycles. The predicted molar refractivity (Wildman–Crippen MR) is 160 cm³/mol. The third kappa shape index (κ3) is 4.70. The highest BCUT2D eigenvalue weighted by Crippen LogP contribution is 2.63. The number of carbonyl (C=O) groups excluding carboxylic acids is 3. The first kappa shape index (κ1) is 29.5. The predicted octanol–water partition coefficient (Wildman–Crippen LogP) is 3.58. The van der Waals surface area contributed by atoms with Crippen LogP contribution in [0.1, 0.15) is 26.2 Å². The van der Waals surface area contributed by atoms with E-state index in [2.05, 4.69) is 13.2 Å². The van der Waals surface area contributed by atoms with Gasteiger partial charge in [0, 0.05) is 37.6 Å². The van der Waals surface area contributed by atoms with Gasteiger partial charge < -0.3 is 29.3 Å². The fourth-order valence-electron chi connectivity index (χ4n) is 7.15. The number of para-hydroxylation sites is 1. The van der Waals surface area contributed by atoms with Gasteiger partial charge in [0.2, 0.25) is 11.8 Å². The summed E-state index contributed by atoms with van der Waals surface area (Å²) in [6.45, 7) is 10.1. The van der Waals surface area contributed by atoms with E-state index < -0.39 is 29.1 Å². The van der Waals surface area contributed by atoms with Crippen LogP contribution in [0.3, 0.4) is 0 Å². The molecule has 0 aromatic heterocycles. The number of hydrogen-bond acceptors (Lipinski definition) is 6. The highest BCUT2D eigenvalue weighted by atomic mass is 16.5. The van der Waals surface area contributed by atoms with Gasteiger partial charge in [-0.3, -0.25) is 14.4 Å². The number of fused-ring (bicyclic) bond motifs is 1. The summed E-state index contributed by atoms with van der Waals surface area (Å²) in [6.07, 6.45) is 4.60. The highest BCUT2D eigenvalue weighted by Gasteiger charge is 2.78. The Hall–Kier alpha value is -3.95. The number of benzene rings is 2. The molecule has 42 heavy (non-hydrogen) atoms. The molecule has 0 radical (unpaired) electrons. The molecule has 3 saturated heterocycles. The molecule has 3 amide bonds. The third-order valence-electron chi connectivity index (χ3n) is 8.94. The van der Waals surface area contributed by atoms with E-state index in [9.17, 15) is 19.5 Å². The number of ether oxygens (including phenoxy) is 2. The van der Waals surface area contributed by atoms with Crippen LogP contribution in [0.2, 0.25) is 0 Å². The van der Waals surface area contributed by atoms with Gasteiger partial charge >= 0.3 is 0 Å². The van der Waals surface area contributed by atoms with Gasteiger partial charge in [0.05, 0.1) is 24.5 Å². The molecule has 5 atom stereocenters. The van der Waals surface area contributed by atoms with Crippen molar-refractivity contribution >= 4 is 29.1 Å².